The molecule has 0 aliphatic rings. The number of aliphatic hydroxyl groups is 2. The normalized spacial score (nSPS) is 10.0. The van der Waals surface area contributed by atoms with Gasteiger partial charge >= 0.3 is 0 Å². The van der Waals surface area contributed by atoms with Gasteiger partial charge in [0.05, 0.1) is 13.2 Å². The average molecular weight is 182 g/mol. The van der Waals surface area contributed by atoms with Crippen molar-refractivity contribution in [3.8, 4) is 5.75 Å². The monoisotopic (exact) mass is 182 g/mol. The molecule has 1 rings (SSSR count). The van der Waals surface area contributed by atoms with Crippen LogP contribution in [0.1, 0.15) is 12.0 Å². The standard InChI is InChI=1S/C10H14O3/c11-6-1-7-13-10-4-2-9(8-12)3-5-10/h2-5,11-12H,1,6-8H2. The second kappa shape index (κ2) is 5.56. The van der Waals surface area contributed by atoms with E-state index < -0.39 is 0 Å². The second-order valence-corrected chi connectivity index (χ2v) is 2.73. The quantitative estimate of drug-likeness (QED) is 0.666. The molecule has 0 unspecified atom stereocenters. The molecule has 0 saturated heterocycles. The van der Waals surface area contributed by atoms with E-state index in [9.17, 15) is 0 Å². The summed E-state index contributed by atoms with van der Waals surface area (Å²) in [5, 5.41) is 17.3. The van der Waals surface area contributed by atoms with Gasteiger partial charge in [-0.3, -0.25) is 0 Å². The molecule has 0 bridgehead atoms. The van der Waals surface area contributed by atoms with Crippen molar-refractivity contribution in [1.29, 1.82) is 0 Å². The zero-order chi connectivity index (χ0) is 9.52. The maximum Gasteiger partial charge on any atom is 0.119 e. The van der Waals surface area contributed by atoms with E-state index in [0.29, 0.717) is 13.0 Å². The van der Waals surface area contributed by atoms with Crippen LogP contribution in [0.25, 0.3) is 0 Å². The topological polar surface area (TPSA) is 49.7 Å². The van der Waals surface area contributed by atoms with Crippen LogP contribution in [0.2, 0.25) is 0 Å². The lowest BCUT2D eigenvalue weighted by molar-refractivity contribution is 0.233. The van der Waals surface area contributed by atoms with Crippen LogP contribution in [0, 0.1) is 0 Å². The molecule has 13 heavy (non-hydrogen) atoms. The van der Waals surface area contributed by atoms with Gasteiger partial charge in [0.15, 0.2) is 0 Å². The number of aliphatic hydroxyl groups excluding tert-OH is 2. The SMILES string of the molecule is OCCCOc1ccc(CO)cc1. The predicted octanol–water partition coefficient (Wildman–Crippen LogP) is 0.940. The molecule has 0 aromatic heterocycles. The van der Waals surface area contributed by atoms with Gasteiger partial charge in [-0.25, -0.2) is 0 Å². The first-order valence-electron chi connectivity index (χ1n) is 4.30. The molecular formula is C10H14O3. The van der Waals surface area contributed by atoms with Crippen molar-refractivity contribution >= 4 is 0 Å². The third-order valence-corrected chi connectivity index (χ3v) is 1.68. The highest BCUT2D eigenvalue weighted by molar-refractivity contribution is 5.26. The molecule has 3 nitrogen and oxygen atoms in total. The molecule has 0 amide bonds. The van der Waals surface area contributed by atoms with Crippen molar-refractivity contribution in [2.75, 3.05) is 13.2 Å². The van der Waals surface area contributed by atoms with E-state index in [1.54, 1.807) is 0 Å². The van der Waals surface area contributed by atoms with Crippen molar-refractivity contribution in [3.05, 3.63) is 29.8 Å². The summed E-state index contributed by atoms with van der Waals surface area (Å²) >= 11 is 0. The highest BCUT2D eigenvalue weighted by Gasteiger charge is 1.93. The van der Waals surface area contributed by atoms with E-state index in [2.05, 4.69) is 0 Å². The molecule has 1 aromatic rings. The first kappa shape index (κ1) is 10.0. The van der Waals surface area contributed by atoms with E-state index in [-0.39, 0.29) is 13.2 Å². The van der Waals surface area contributed by atoms with E-state index in [0.717, 1.165) is 11.3 Å². The Morgan fingerprint density at radius 3 is 2.31 bits per heavy atom. The summed E-state index contributed by atoms with van der Waals surface area (Å²) in [7, 11) is 0. The van der Waals surface area contributed by atoms with Crippen LogP contribution < -0.4 is 4.74 Å². The first-order chi connectivity index (χ1) is 6.36. The molecule has 0 radical (unpaired) electrons. The van der Waals surface area contributed by atoms with Crippen molar-refractivity contribution in [2.24, 2.45) is 0 Å². The van der Waals surface area contributed by atoms with Crippen molar-refractivity contribution < 1.29 is 14.9 Å². The van der Waals surface area contributed by atoms with Crippen LogP contribution in [0.3, 0.4) is 0 Å². The molecule has 0 heterocycles. The Kier molecular flexibility index (Phi) is 4.29. The summed E-state index contributed by atoms with van der Waals surface area (Å²) in [6.45, 7) is 0.723. The van der Waals surface area contributed by atoms with Crippen molar-refractivity contribution in [2.45, 2.75) is 13.0 Å². The Morgan fingerprint density at radius 2 is 1.77 bits per heavy atom. The highest BCUT2D eigenvalue weighted by Crippen LogP contribution is 2.11. The van der Waals surface area contributed by atoms with Crippen LogP contribution in [-0.4, -0.2) is 23.4 Å². The van der Waals surface area contributed by atoms with Gasteiger partial charge in [-0.15, -0.1) is 0 Å². The molecular weight excluding hydrogens is 168 g/mol. The maximum atomic E-state index is 8.77. The predicted molar refractivity (Wildman–Crippen MR) is 49.6 cm³/mol. The van der Waals surface area contributed by atoms with E-state index in [1.807, 2.05) is 24.3 Å². The third-order valence-electron chi connectivity index (χ3n) is 1.68. The van der Waals surface area contributed by atoms with E-state index in [4.69, 9.17) is 14.9 Å². The van der Waals surface area contributed by atoms with Crippen LogP contribution in [0.5, 0.6) is 5.75 Å². The lowest BCUT2D eigenvalue weighted by Crippen LogP contribution is -1.99. The van der Waals surface area contributed by atoms with Gasteiger partial charge in [0.2, 0.25) is 0 Å². The van der Waals surface area contributed by atoms with Gasteiger partial charge < -0.3 is 14.9 Å². The van der Waals surface area contributed by atoms with Crippen LogP contribution in [0.15, 0.2) is 24.3 Å². The molecule has 72 valence electrons. The molecule has 0 aliphatic heterocycles. The van der Waals surface area contributed by atoms with Gasteiger partial charge in [0.1, 0.15) is 5.75 Å². The third kappa shape index (κ3) is 3.44. The maximum absolute atomic E-state index is 8.77. The molecule has 1 aromatic carbocycles. The summed E-state index contributed by atoms with van der Waals surface area (Å²) in [6, 6.07) is 7.24. The number of hydrogen-bond acceptors (Lipinski definition) is 3. The lowest BCUT2D eigenvalue weighted by atomic mass is 10.2. The minimum absolute atomic E-state index is 0.0525. The Morgan fingerprint density at radius 1 is 1.08 bits per heavy atom. The van der Waals surface area contributed by atoms with E-state index in [1.165, 1.54) is 0 Å². The van der Waals surface area contributed by atoms with Gasteiger partial charge in [0, 0.05) is 13.0 Å². The fourth-order valence-corrected chi connectivity index (χ4v) is 0.946. The van der Waals surface area contributed by atoms with Crippen LogP contribution >= 0.6 is 0 Å². The zero-order valence-electron chi connectivity index (χ0n) is 7.44. The Hall–Kier alpha value is -1.06. The molecule has 2 N–H and O–H groups in total. The van der Waals surface area contributed by atoms with Gasteiger partial charge in [-0.1, -0.05) is 12.1 Å². The molecule has 0 atom stereocenters. The Balaban J connectivity index is 2.40. The summed E-state index contributed by atoms with van der Waals surface area (Å²) < 4.78 is 5.30. The number of benzene rings is 1. The lowest BCUT2D eigenvalue weighted by Gasteiger charge is -2.04. The summed E-state index contributed by atoms with van der Waals surface area (Å²) in [5.41, 5.74) is 0.870. The number of ether oxygens (including phenoxy) is 1. The zero-order valence-corrected chi connectivity index (χ0v) is 7.44. The largest absolute Gasteiger partial charge is 0.494 e. The minimum atomic E-state index is 0.0525. The smallest absolute Gasteiger partial charge is 0.119 e. The highest BCUT2D eigenvalue weighted by atomic mass is 16.5. The minimum Gasteiger partial charge on any atom is -0.494 e. The molecule has 0 spiro atoms. The second-order valence-electron chi connectivity index (χ2n) is 2.73. The summed E-state index contributed by atoms with van der Waals surface area (Å²) in [6.07, 6.45) is 0.641. The molecule has 3 heteroatoms. The number of hydrogen-bond donors (Lipinski definition) is 2. The van der Waals surface area contributed by atoms with Crippen LogP contribution in [0.4, 0.5) is 0 Å². The molecule has 0 aliphatic carbocycles. The molecule has 0 saturated carbocycles. The molecule has 0 fully saturated rings. The van der Waals surface area contributed by atoms with Gasteiger partial charge in [-0.2, -0.15) is 0 Å². The van der Waals surface area contributed by atoms with Gasteiger partial charge in [-0.05, 0) is 17.7 Å². The van der Waals surface area contributed by atoms with E-state index >= 15 is 0 Å². The van der Waals surface area contributed by atoms with Crippen LogP contribution in [-0.2, 0) is 6.61 Å². The Labute approximate surface area is 77.6 Å². The summed E-state index contributed by atoms with van der Waals surface area (Å²) in [5.74, 6) is 0.769. The fourth-order valence-electron chi connectivity index (χ4n) is 0.946. The summed E-state index contributed by atoms with van der Waals surface area (Å²) in [4.78, 5) is 0. The Bertz CT molecular complexity index is 230. The average Bonchev–Trinajstić information content (AvgIpc) is 2.19. The van der Waals surface area contributed by atoms with Crippen molar-refractivity contribution in [3.63, 3.8) is 0 Å². The fraction of sp³-hybridized carbons (Fsp3) is 0.400. The van der Waals surface area contributed by atoms with Crippen molar-refractivity contribution in [1.82, 2.24) is 0 Å². The first-order valence-corrected chi connectivity index (χ1v) is 4.30. The number of rotatable bonds is 5. The van der Waals surface area contributed by atoms with Gasteiger partial charge in [0.25, 0.3) is 0 Å².